The number of rotatable bonds is 8. The first kappa shape index (κ1) is 27.4. The minimum Gasteiger partial charge on any atom is -0.343 e. The number of anilines is 1. The minimum atomic E-state index is -1.08. The van der Waals surface area contributed by atoms with Crippen LogP contribution in [0, 0.1) is 0 Å². The Bertz CT molecular complexity index is 1390. The lowest BCUT2D eigenvalue weighted by Gasteiger charge is -2.28. The molecule has 0 aromatic heterocycles. The van der Waals surface area contributed by atoms with Crippen LogP contribution in [0.1, 0.15) is 49.8 Å². The lowest BCUT2D eigenvalue weighted by atomic mass is 9.98. The number of nitrogens with zero attached hydrogens (tertiary/aromatic N) is 1. The van der Waals surface area contributed by atoms with Crippen molar-refractivity contribution >= 4 is 23.5 Å². The Morgan fingerprint density at radius 3 is 2.35 bits per heavy atom. The summed E-state index contributed by atoms with van der Waals surface area (Å²) in [5.41, 5.74) is 10.9. The van der Waals surface area contributed by atoms with Gasteiger partial charge >= 0.3 is 6.03 Å². The molecule has 8 nitrogen and oxygen atoms in total. The van der Waals surface area contributed by atoms with Crippen molar-refractivity contribution < 1.29 is 14.4 Å². The van der Waals surface area contributed by atoms with E-state index in [-0.39, 0.29) is 17.8 Å². The summed E-state index contributed by atoms with van der Waals surface area (Å²) in [4.78, 5) is 40.3. The van der Waals surface area contributed by atoms with Gasteiger partial charge in [-0.2, -0.15) is 0 Å². The smallest absolute Gasteiger partial charge is 0.315 e. The van der Waals surface area contributed by atoms with E-state index in [0.717, 1.165) is 46.3 Å². The number of carbonyl (C=O) groups excluding carboxylic acids is 3. The van der Waals surface area contributed by atoms with Crippen molar-refractivity contribution in [3.8, 4) is 11.1 Å². The molecule has 0 saturated heterocycles. The number of nitrogens with one attached hydrogen (secondary N) is 3. The van der Waals surface area contributed by atoms with Gasteiger partial charge in [-0.05, 0) is 73.4 Å². The summed E-state index contributed by atoms with van der Waals surface area (Å²) in [5, 5.41) is 8.79. The molecule has 1 aliphatic heterocycles. The van der Waals surface area contributed by atoms with Gasteiger partial charge in [0.15, 0.2) is 0 Å². The Labute approximate surface area is 235 Å². The van der Waals surface area contributed by atoms with Crippen LogP contribution < -0.4 is 26.6 Å². The second-order valence-electron chi connectivity index (χ2n) is 11.3. The van der Waals surface area contributed by atoms with Crippen LogP contribution in [0.4, 0.5) is 10.5 Å². The van der Waals surface area contributed by atoms with E-state index in [1.165, 1.54) is 0 Å². The molecule has 1 fully saturated rings. The molecule has 0 unspecified atom stereocenters. The first-order valence-electron chi connectivity index (χ1n) is 13.9. The molecule has 0 spiro atoms. The van der Waals surface area contributed by atoms with E-state index in [1.54, 1.807) is 18.7 Å². The standard InChI is InChI=1S/C32H37N5O3/c1-32(2,33)30(39)36-27-18-15-23-7-4-6-10-28(23)37(29(27)38)20-21-11-13-22(14-12-21)26-9-5-3-8-24(26)19-34-31(40)35-25-16-17-25/h3-14,25,27H,15-20,33H2,1-2H3,(H,36,39)(H2,34,35,40)/t27-/m1/s1. The van der Waals surface area contributed by atoms with E-state index in [4.69, 9.17) is 5.73 Å². The van der Waals surface area contributed by atoms with Gasteiger partial charge in [-0.15, -0.1) is 0 Å². The maximum atomic E-state index is 13.7. The summed E-state index contributed by atoms with van der Waals surface area (Å²) in [7, 11) is 0. The van der Waals surface area contributed by atoms with Crippen molar-refractivity contribution in [2.75, 3.05) is 4.90 Å². The number of aryl methyl sites for hydroxylation is 1. The lowest BCUT2D eigenvalue weighted by Crippen LogP contribution is -2.56. The molecule has 1 heterocycles. The molecular weight excluding hydrogens is 502 g/mol. The van der Waals surface area contributed by atoms with Crippen molar-refractivity contribution in [1.82, 2.24) is 16.0 Å². The van der Waals surface area contributed by atoms with E-state index in [1.807, 2.05) is 72.8 Å². The van der Waals surface area contributed by atoms with Crippen LogP contribution >= 0.6 is 0 Å². The highest BCUT2D eigenvalue weighted by Crippen LogP contribution is 2.30. The molecule has 3 aromatic carbocycles. The molecule has 3 aromatic rings. The van der Waals surface area contributed by atoms with Gasteiger partial charge in [0.1, 0.15) is 6.04 Å². The maximum absolute atomic E-state index is 13.7. The van der Waals surface area contributed by atoms with Crippen LogP contribution in [-0.4, -0.2) is 35.5 Å². The first-order valence-corrected chi connectivity index (χ1v) is 13.9. The summed E-state index contributed by atoms with van der Waals surface area (Å²) >= 11 is 0. The van der Waals surface area contributed by atoms with Gasteiger partial charge in [0, 0.05) is 18.3 Å². The van der Waals surface area contributed by atoms with Crippen molar-refractivity contribution in [1.29, 1.82) is 0 Å². The molecule has 2 aliphatic rings. The molecular formula is C32H37N5O3. The van der Waals surface area contributed by atoms with Crippen molar-refractivity contribution in [2.24, 2.45) is 5.73 Å². The molecule has 4 amide bonds. The van der Waals surface area contributed by atoms with Crippen LogP contribution in [-0.2, 0) is 29.1 Å². The number of hydrogen-bond acceptors (Lipinski definition) is 4. The SMILES string of the molecule is CC(C)(N)C(=O)N[C@@H]1CCc2ccccc2N(Cc2ccc(-c3ccccc3CNC(=O)NC3CC3)cc2)C1=O. The third-order valence-corrected chi connectivity index (χ3v) is 7.41. The summed E-state index contributed by atoms with van der Waals surface area (Å²) in [5.74, 6) is -0.494. The van der Waals surface area contributed by atoms with Crippen LogP contribution in [0.5, 0.6) is 0 Å². The minimum absolute atomic E-state index is 0.139. The number of urea groups is 1. The second kappa shape index (κ2) is 11.5. The van der Waals surface area contributed by atoms with Crippen molar-refractivity contribution in [2.45, 2.75) is 70.2 Å². The Morgan fingerprint density at radius 2 is 1.62 bits per heavy atom. The van der Waals surface area contributed by atoms with Gasteiger partial charge in [0.2, 0.25) is 11.8 Å². The zero-order valence-corrected chi connectivity index (χ0v) is 23.1. The monoisotopic (exact) mass is 539 g/mol. The predicted molar refractivity (Wildman–Crippen MR) is 156 cm³/mol. The number of para-hydroxylation sites is 1. The van der Waals surface area contributed by atoms with Gasteiger partial charge < -0.3 is 26.6 Å². The Kier molecular flexibility index (Phi) is 7.89. The average molecular weight is 540 g/mol. The zero-order valence-electron chi connectivity index (χ0n) is 23.1. The van der Waals surface area contributed by atoms with E-state index >= 15 is 0 Å². The normalized spacial score (nSPS) is 17.0. The van der Waals surface area contributed by atoms with E-state index in [0.29, 0.717) is 32.0 Å². The summed E-state index contributed by atoms with van der Waals surface area (Å²) in [6.45, 7) is 4.07. The number of carbonyl (C=O) groups is 3. The molecule has 0 radical (unpaired) electrons. The molecule has 5 N–H and O–H groups in total. The molecule has 40 heavy (non-hydrogen) atoms. The fourth-order valence-corrected chi connectivity index (χ4v) is 4.92. The third kappa shape index (κ3) is 6.51. The number of amides is 4. The second-order valence-corrected chi connectivity index (χ2v) is 11.3. The third-order valence-electron chi connectivity index (χ3n) is 7.41. The van der Waals surface area contributed by atoms with E-state index < -0.39 is 11.6 Å². The molecule has 208 valence electrons. The highest BCUT2D eigenvalue weighted by Gasteiger charge is 2.34. The average Bonchev–Trinajstić information content (AvgIpc) is 3.77. The van der Waals surface area contributed by atoms with Crippen LogP contribution in [0.2, 0.25) is 0 Å². The number of nitrogens with two attached hydrogens (primary N) is 1. The van der Waals surface area contributed by atoms with Crippen LogP contribution in [0.25, 0.3) is 11.1 Å². The quantitative estimate of drug-likeness (QED) is 0.346. The van der Waals surface area contributed by atoms with Gasteiger partial charge in [0.05, 0.1) is 12.1 Å². The molecule has 5 rings (SSSR count). The number of benzene rings is 3. The fourth-order valence-electron chi connectivity index (χ4n) is 4.92. The first-order chi connectivity index (χ1) is 19.2. The Morgan fingerprint density at radius 1 is 0.925 bits per heavy atom. The maximum Gasteiger partial charge on any atom is 0.315 e. The summed E-state index contributed by atoms with van der Waals surface area (Å²) in [6, 6.07) is 23.6. The fraction of sp³-hybridized carbons (Fsp3) is 0.344. The Hall–Kier alpha value is -4.17. The van der Waals surface area contributed by atoms with E-state index in [2.05, 4.69) is 16.0 Å². The molecule has 1 atom stereocenters. The molecule has 0 bridgehead atoms. The molecule has 1 saturated carbocycles. The van der Waals surface area contributed by atoms with Gasteiger partial charge in [-0.3, -0.25) is 9.59 Å². The van der Waals surface area contributed by atoms with E-state index in [9.17, 15) is 14.4 Å². The summed E-state index contributed by atoms with van der Waals surface area (Å²) in [6.07, 6.45) is 3.28. The van der Waals surface area contributed by atoms with Gasteiger partial charge in [-0.25, -0.2) is 4.79 Å². The zero-order chi connectivity index (χ0) is 28.3. The van der Waals surface area contributed by atoms with Crippen LogP contribution in [0.15, 0.2) is 72.8 Å². The topological polar surface area (TPSA) is 117 Å². The van der Waals surface area contributed by atoms with Gasteiger partial charge in [0.25, 0.3) is 0 Å². The highest BCUT2D eigenvalue weighted by atomic mass is 16.2. The molecule has 8 heteroatoms. The highest BCUT2D eigenvalue weighted by molar-refractivity contribution is 6.01. The predicted octanol–water partition coefficient (Wildman–Crippen LogP) is 4.02. The number of fused-ring (bicyclic) bond motifs is 1. The Balaban J connectivity index is 1.34. The largest absolute Gasteiger partial charge is 0.343 e. The number of hydrogen-bond donors (Lipinski definition) is 4. The van der Waals surface area contributed by atoms with Crippen molar-refractivity contribution in [3.05, 3.63) is 89.5 Å². The van der Waals surface area contributed by atoms with Gasteiger partial charge in [-0.1, -0.05) is 66.7 Å². The summed E-state index contributed by atoms with van der Waals surface area (Å²) < 4.78 is 0. The lowest BCUT2D eigenvalue weighted by molar-refractivity contribution is -0.130. The molecule has 1 aliphatic carbocycles. The van der Waals surface area contributed by atoms with Crippen molar-refractivity contribution in [3.63, 3.8) is 0 Å². The van der Waals surface area contributed by atoms with Crippen LogP contribution in [0.3, 0.4) is 0 Å².